The van der Waals surface area contributed by atoms with E-state index in [0.29, 0.717) is 5.65 Å². The number of rotatable bonds is 1. The fourth-order valence-electron chi connectivity index (χ4n) is 1.76. The van der Waals surface area contributed by atoms with Crippen LogP contribution in [0, 0.1) is 6.92 Å². The van der Waals surface area contributed by atoms with Gasteiger partial charge in [0.1, 0.15) is 11.2 Å². The number of hydrogen-bond acceptors (Lipinski definition) is 5. The normalized spacial score (nSPS) is 10.9. The highest BCUT2D eigenvalue weighted by atomic mass is 15.1. The van der Waals surface area contributed by atoms with Crippen molar-refractivity contribution in [3.8, 4) is 11.3 Å². The van der Waals surface area contributed by atoms with Crippen LogP contribution < -0.4 is 5.73 Å². The van der Waals surface area contributed by atoms with Gasteiger partial charge in [-0.3, -0.25) is 4.98 Å². The summed E-state index contributed by atoms with van der Waals surface area (Å²) in [5.41, 5.74) is 9.75. The maximum absolute atomic E-state index is 5.67. The van der Waals surface area contributed by atoms with Gasteiger partial charge in [-0.2, -0.15) is 4.98 Å². The zero-order chi connectivity index (χ0) is 11.8. The van der Waals surface area contributed by atoms with Crippen LogP contribution in [0.15, 0.2) is 24.8 Å². The zero-order valence-corrected chi connectivity index (χ0v) is 9.18. The molecule has 6 heteroatoms. The lowest BCUT2D eigenvalue weighted by atomic mass is 10.1. The summed E-state index contributed by atoms with van der Waals surface area (Å²) in [7, 11) is 0. The molecule has 0 saturated carbocycles. The number of imidazole rings is 1. The number of anilines is 1. The van der Waals surface area contributed by atoms with E-state index in [1.807, 2.05) is 13.0 Å². The largest absolute Gasteiger partial charge is 0.368 e. The maximum atomic E-state index is 5.67. The average molecular weight is 226 g/mol. The van der Waals surface area contributed by atoms with Gasteiger partial charge in [0.2, 0.25) is 5.95 Å². The Hall–Kier alpha value is -2.50. The Morgan fingerprint density at radius 1 is 1.29 bits per heavy atom. The second-order valence-corrected chi connectivity index (χ2v) is 3.72. The Morgan fingerprint density at radius 3 is 3.00 bits per heavy atom. The number of H-pyrrole nitrogens is 1. The minimum atomic E-state index is 0.211. The van der Waals surface area contributed by atoms with Crippen LogP contribution in [0.2, 0.25) is 0 Å². The number of nitrogens with two attached hydrogens (primary N) is 1. The summed E-state index contributed by atoms with van der Waals surface area (Å²) >= 11 is 0. The molecule has 0 aliphatic heterocycles. The lowest BCUT2D eigenvalue weighted by molar-refractivity contribution is 1.20. The highest BCUT2D eigenvalue weighted by molar-refractivity contribution is 5.88. The van der Waals surface area contributed by atoms with Gasteiger partial charge in [-0.1, -0.05) is 0 Å². The predicted octanol–water partition coefficient (Wildman–Crippen LogP) is 1.31. The SMILES string of the molecule is Cc1ccncc1-c1nc(N)nc2nc[nH]c12. The van der Waals surface area contributed by atoms with Crippen LogP contribution in [0.4, 0.5) is 5.95 Å². The molecule has 0 saturated heterocycles. The van der Waals surface area contributed by atoms with E-state index in [4.69, 9.17) is 5.73 Å². The molecule has 6 nitrogen and oxygen atoms in total. The van der Waals surface area contributed by atoms with Gasteiger partial charge in [0.05, 0.1) is 6.33 Å². The lowest BCUT2D eigenvalue weighted by Crippen LogP contribution is -1.99. The topological polar surface area (TPSA) is 93.4 Å². The number of aromatic amines is 1. The number of aryl methyl sites for hydroxylation is 1. The highest BCUT2D eigenvalue weighted by Gasteiger charge is 2.12. The van der Waals surface area contributed by atoms with Crippen LogP contribution in [0.5, 0.6) is 0 Å². The number of fused-ring (bicyclic) bond motifs is 1. The predicted molar refractivity (Wildman–Crippen MR) is 64.1 cm³/mol. The van der Waals surface area contributed by atoms with E-state index < -0.39 is 0 Å². The van der Waals surface area contributed by atoms with Gasteiger partial charge in [0, 0.05) is 18.0 Å². The molecule has 0 radical (unpaired) electrons. The number of nitrogen functional groups attached to an aromatic ring is 1. The van der Waals surface area contributed by atoms with E-state index in [0.717, 1.165) is 22.3 Å². The number of aromatic nitrogens is 5. The van der Waals surface area contributed by atoms with E-state index in [1.165, 1.54) is 0 Å². The molecule has 3 aromatic heterocycles. The Labute approximate surface area is 97.0 Å². The van der Waals surface area contributed by atoms with Gasteiger partial charge in [-0.25, -0.2) is 9.97 Å². The van der Waals surface area contributed by atoms with E-state index in [9.17, 15) is 0 Å². The second kappa shape index (κ2) is 3.51. The summed E-state index contributed by atoms with van der Waals surface area (Å²) in [6, 6.07) is 1.93. The molecular weight excluding hydrogens is 216 g/mol. The molecule has 3 heterocycles. The van der Waals surface area contributed by atoms with Crippen molar-refractivity contribution in [3.05, 3.63) is 30.4 Å². The minimum Gasteiger partial charge on any atom is -0.368 e. The van der Waals surface area contributed by atoms with Gasteiger partial charge in [-0.15, -0.1) is 0 Å². The molecule has 0 amide bonds. The zero-order valence-electron chi connectivity index (χ0n) is 9.18. The highest BCUT2D eigenvalue weighted by Crippen LogP contribution is 2.26. The van der Waals surface area contributed by atoms with E-state index in [2.05, 4.69) is 24.9 Å². The van der Waals surface area contributed by atoms with Gasteiger partial charge in [0.25, 0.3) is 0 Å². The van der Waals surface area contributed by atoms with Crippen LogP contribution in [-0.4, -0.2) is 24.9 Å². The van der Waals surface area contributed by atoms with Gasteiger partial charge in [-0.05, 0) is 18.6 Å². The molecular formula is C11H10N6. The third-order valence-electron chi connectivity index (χ3n) is 2.60. The van der Waals surface area contributed by atoms with E-state index in [-0.39, 0.29) is 5.95 Å². The number of nitrogens with one attached hydrogen (secondary N) is 1. The van der Waals surface area contributed by atoms with Gasteiger partial charge >= 0.3 is 0 Å². The van der Waals surface area contributed by atoms with Crippen LogP contribution in [0.1, 0.15) is 5.56 Å². The summed E-state index contributed by atoms with van der Waals surface area (Å²) in [4.78, 5) is 19.5. The Kier molecular flexibility index (Phi) is 2.01. The first kappa shape index (κ1) is 9.71. The summed E-state index contributed by atoms with van der Waals surface area (Å²) in [6.45, 7) is 2.00. The summed E-state index contributed by atoms with van der Waals surface area (Å²) in [6.07, 6.45) is 5.08. The molecule has 0 aromatic carbocycles. The van der Waals surface area contributed by atoms with Crippen LogP contribution >= 0.6 is 0 Å². The standard InChI is InChI=1S/C11H10N6/c1-6-2-3-13-4-7(6)8-9-10(15-5-14-9)17-11(12)16-8/h2-5H,1H3,(H3,12,14,15,16,17). The molecule has 0 aliphatic carbocycles. The second-order valence-electron chi connectivity index (χ2n) is 3.72. The summed E-state index contributed by atoms with van der Waals surface area (Å²) in [5, 5.41) is 0. The van der Waals surface area contributed by atoms with Crippen molar-refractivity contribution < 1.29 is 0 Å². The quantitative estimate of drug-likeness (QED) is 0.652. The van der Waals surface area contributed by atoms with Crippen molar-refractivity contribution in [2.75, 3.05) is 5.73 Å². The van der Waals surface area contributed by atoms with Crippen LogP contribution in [-0.2, 0) is 0 Å². The van der Waals surface area contributed by atoms with Crippen LogP contribution in [0.3, 0.4) is 0 Å². The molecule has 0 aliphatic rings. The molecule has 0 atom stereocenters. The maximum Gasteiger partial charge on any atom is 0.222 e. The smallest absolute Gasteiger partial charge is 0.222 e. The van der Waals surface area contributed by atoms with Crippen LogP contribution in [0.25, 0.3) is 22.4 Å². The molecule has 0 bridgehead atoms. The van der Waals surface area contributed by atoms with Crippen molar-refractivity contribution in [2.45, 2.75) is 6.92 Å². The van der Waals surface area contributed by atoms with Crippen molar-refractivity contribution >= 4 is 17.1 Å². The van der Waals surface area contributed by atoms with Gasteiger partial charge < -0.3 is 10.7 Å². The Morgan fingerprint density at radius 2 is 2.18 bits per heavy atom. The monoisotopic (exact) mass is 226 g/mol. The van der Waals surface area contributed by atoms with Gasteiger partial charge in [0.15, 0.2) is 5.65 Å². The summed E-state index contributed by atoms with van der Waals surface area (Å²) in [5.74, 6) is 0.211. The van der Waals surface area contributed by atoms with Crippen molar-refractivity contribution in [2.24, 2.45) is 0 Å². The first-order chi connectivity index (χ1) is 8.25. The number of pyridine rings is 1. The molecule has 0 spiro atoms. The van der Waals surface area contributed by atoms with Crippen molar-refractivity contribution in [1.29, 1.82) is 0 Å². The summed E-state index contributed by atoms with van der Waals surface area (Å²) < 4.78 is 0. The number of nitrogens with zero attached hydrogens (tertiary/aromatic N) is 4. The third kappa shape index (κ3) is 1.50. The Bertz CT molecular complexity index is 687. The molecule has 3 aromatic rings. The van der Waals surface area contributed by atoms with E-state index >= 15 is 0 Å². The fraction of sp³-hybridized carbons (Fsp3) is 0.0909. The molecule has 17 heavy (non-hydrogen) atoms. The molecule has 84 valence electrons. The van der Waals surface area contributed by atoms with Crippen molar-refractivity contribution in [3.63, 3.8) is 0 Å². The lowest BCUT2D eigenvalue weighted by Gasteiger charge is -2.05. The minimum absolute atomic E-state index is 0.211. The average Bonchev–Trinajstić information content (AvgIpc) is 2.76. The van der Waals surface area contributed by atoms with Crippen molar-refractivity contribution in [1.82, 2.24) is 24.9 Å². The number of hydrogen-bond donors (Lipinski definition) is 2. The Balaban J connectivity index is 2.37. The molecule has 3 N–H and O–H groups in total. The molecule has 0 fully saturated rings. The molecule has 0 unspecified atom stereocenters. The first-order valence-corrected chi connectivity index (χ1v) is 5.13. The van der Waals surface area contributed by atoms with E-state index in [1.54, 1.807) is 18.7 Å². The fourth-order valence-corrected chi connectivity index (χ4v) is 1.76. The third-order valence-corrected chi connectivity index (χ3v) is 2.60. The molecule has 3 rings (SSSR count). The first-order valence-electron chi connectivity index (χ1n) is 5.13.